The zero-order valence-electron chi connectivity index (χ0n) is 18.2. The predicted molar refractivity (Wildman–Crippen MR) is 124 cm³/mol. The van der Waals surface area contributed by atoms with Gasteiger partial charge in [-0.3, -0.25) is 4.79 Å². The number of amides is 1. The molecule has 2 aromatic rings. The number of sulfonamides is 1. The number of anilines is 2. The summed E-state index contributed by atoms with van der Waals surface area (Å²) in [6, 6.07) is 10.0. The number of carbonyl (C=O) groups excluding carboxylic acids is 1. The van der Waals surface area contributed by atoms with Gasteiger partial charge in [0.25, 0.3) is 5.91 Å². The largest absolute Gasteiger partial charge is 0.378 e. The molecule has 1 heterocycles. The first kappa shape index (κ1) is 23.5. The molecule has 0 saturated carbocycles. The number of nitrogens with one attached hydrogen (secondary N) is 2. The molecule has 3 rings (SSSR count). The lowest BCUT2D eigenvalue weighted by Gasteiger charge is -2.29. The Morgan fingerprint density at radius 2 is 1.77 bits per heavy atom. The van der Waals surface area contributed by atoms with Crippen LogP contribution < -0.4 is 14.9 Å². The first-order valence-corrected chi connectivity index (χ1v) is 11.9. The molecule has 0 unspecified atom stereocenters. The van der Waals surface area contributed by atoms with E-state index in [2.05, 4.69) is 14.9 Å². The Morgan fingerprint density at radius 1 is 1.10 bits per heavy atom. The molecule has 1 saturated heterocycles. The fourth-order valence-corrected chi connectivity index (χ4v) is 5.25. The molecule has 0 atom stereocenters. The highest BCUT2D eigenvalue weighted by Crippen LogP contribution is 2.26. The minimum absolute atomic E-state index is 0.0549. The molecule has 1 aliphatic heterocycles. The van der Waals surface area contributed by atoms with Crippen molar-refractivity contribution in [3.8, 4) is 0 Å². The maximum Gasteiger partial charge on any atom is 0.255 e. The van der Waals surface area contributed by atoms with Gasteiger partial charge in [0.15, 0.2) is 0 Å². The second-order valence-electron chi connectivity index (χ2n) is 8.55. The van der Waals surface area contributed by atoms with Crippen LogP contribution in [-0.2, 0) is 14.8 Å². The average molecular weight is 466 g/mol. The Hall–Kier alpha value is -2.13. The molecule has 0 aromatic heterocycles. The third-order valence-corrected chi connectivity index (χ3v) is 7.00. The Balaban J connectivity index is 1.81. The number of hydrogen-bond donors (Lipinski definition) is 2. The molecule has 168 valence electrons. The van der Waals surface area contributed by atoms with Gasteiger partial charge in [-0.1, -0.05) is 11.6 Å². The van der Waals surface area contributed by atoms with Crippen LogP contribution in [0.15, 0.2) is 41.3 Å². The summed E-state index contributed by atoms with van der Waals surface area (Å²) in [7, 11) is -3.88. The van der Waals surface area contributed by atoms with Gasteiger partial charge < -0.3 is 15.0 Å². The summed E-state index contributed by atoms with van der Waals surface area (Å²) in [6.07, 6.45) is 0. The van der Waals surface area contributed by atoms with Gasteiger partial charge in [-0.05, 0) is 69.7 Å². The Labute approximate surface area is 188 Å². The Morgan fingerprint density at radius 3 is 2.39 bits per heavy atom. The number of aryl methyl sites for hydroxylation is 1. The van der Waals surface area contributed by atoms with Crippen molar-refractivity contribution < 1.29 is 17.9 Å². The van der Waals surface area contributed by atoms with Gasteiger partial charge in [-0.2, -0.15) is 0 Å². The Kier molecular flexibility index (Phi) is 6.95. The quantitative estimate of drug-likeness (QED) is 0.701. The van der Waals surface area contributed by atoms with Gasteiger partial charge in [-0.15, -0.1) is 0 Å². The summed E-state index contributed by atoms with van der Waals surface area (Å²) in [6.45, 7) is 10.2. The van der Waals surface area contributed by atoms with Gasteiger partial charge in [0.1, 0.15) is 4.90 Å². The number of hydrogen-bond acceptors (Lipinski definition) is 5. The van der Waals surface area contributed by atoms with Crippen LogP contribution in [0.1, 0.15) is 36.7 Å². The maximum absolute atomic E-state index is 12.8. The highest BCUT2D eigenvalue weighted by Gasteiger charge is 2.25. The number of carbonyl (C=O) groups is 1. The molecule has 2 N–H and O–H groups in total. The molecule has 0 aliphatic carbocycles. The standard InChI is InChI=1S/C22H28ClN3O4S/c1-15-13-17(26-9-11-30-12-10-26)6-8-19(15)24-21(27)16-5-7-18(23)20(14-16)31(28,29)25-22(2,3)4/h5-8,13-14,25H,9-12H2,1-4H3,(H,24,27). The number of rotatable bonds is 5. The zero-order valence-corrected chi connectivity index (χ0v) is 19.7. The zero-order chi connectivity index (χ0) is 22.8. The molecular formula is C22H28ClN3O4S. The molecule has 31 heavy (non-hydrogen) atoms. The van der Waals surface area contributed by atoms with Crippen molar-refractivity contribution in [2.75, 3.05) is 36.5 Å². The lowest BCUT2D eigenvalue weighted by atomic mass is 10.1. The van der Waals surface area contributed by atoms with Gasteiger partial charge in [0.05, 0.1) is 18.2 Å². The van der Waals surface area contributed by atoms with Crippen LogP contribution in [0, 0.1) is 6.92 Å². The summed E-state index contributed by atoms with van der Waals surface area (Å²) >= 11 is 6.13. The van der Waals surface area contributed by atoms with Gasteiger partial charge in [-0.25, -0.2) is 13.1 Å². The molecule has 1 aliphatic rings. The lowest BCUT2D eigenvalue weighted by molar-refractivity contribution is 0.102. The number of ether oxygens (including phenoxy) is 1. The SMILES string of the molecule is Cc1cc(N2CCOCC2)ccc1NC(=O)c1ccc(Cl)c(S(=O)(=O)NC(C)(C)C)c1. The van der Waals surface area contributed by atoms with Crippen LogP contribution in [0.25, 0.3) is 0 Å². The molecule has 0 bridgehead atoms. The number of morpholine rings is 1. The maximum atomic E-state index is 12.8. The average Bonchev–Trinajstić information content (AvgIpc) is 2.68. The molecule has 0 spiro atoms. The predicted octanol–water partition coefficient (Wildman–Crippen LogP) is 3.81. The van der Waals surface area contributed by atoms with E-state index in [0.717, 1.165) is 24.3 Å². The van der Waals surface area contributed by atoms with Crippen molar-refractivity contribution in [3.05, 3.63) is 52.5 Å². The number of nitrogens with zero attached hydrogens (tertiary/aromatic N) is 1. The van der Waals surface area contributed by atoms with E-state index in [0.29, 0.717) is 18.9 Å². The van der Waals surface area contributed by atoms with Crippen molar-refractivity contribution >= 4 is 38.9 Å². The van der Waals surface area contributed by atoms with E-state index in [4.69, 9.17) is 16.3 Å². The van der Waals surface area contributed by atoms with Crippen molar-refractivity contribution in [3.63, 3.8) is 0 Å². The highest BCUT2D eigenvalue weighted by molar-refractivity contribution is 7.89. The van der Waals surface area contributed by atoms with Crippen molar-refractivity contribution in [1.82, 2.24) is 4.72 Å². The molecule has 0 radical (unpaired) electrons. The molecule has 1 fully saturated rings. The molecule has 9 heteroatoms. The Bertz CT molecular complexity index is 1070. The van der Waals surface area contributed by atoms with Crippen molar-refractivity contribution in [1.29, 1.82) is 0 Å². The van der Waals surface area contributed by atoms with Gasteiger partial charge in [0.2, 0.25) is 10.0 Å². The van der Waals surface area contributed by atoms with Gasteiger partial charge in [0, 0.05) is 35.6 Å². The van der Waals surface area contributed by atoms with Crippen LogP contribution in [0.3, 0.4) is 0 Å². The van der Waals surface area contributed by atoms with Crippen LogP contribution in [-0.4, -0.2) is 46.2 Å². The fourth-order valence-electron chi connectivity index (χ4n) is 3.31. The summed E-state index contributed by atoms with van der Waals surface area (Å²) in [5, 5.41) is 2.92. The third kappa shape index (κ3) is 5.98. The van der Waals surface area contributed by atoms with E-state index in [-0.39, 0.29) is 15.5 Å². The van der Waals surface area contributed by atoms with E-state index >= 15 is 0 Å². The molecule has 2 aromatic carbocycles. The highest BCUT2D eigenvalue weighted by atomic mass is 35.5. The molecular weight excluding hydrogens is 438 g/mol. The molecule has 1 amide bonds. The molecule has 7 nitrogen and oxygen atoms in total. The van der Waals surface area contributed by atoms with E-state index in [1.54, 1.807) is 20.8 Å². The normalized spacial score (nSPS) is 15.1. The summed E-state index contributed by atoms with van der Waals surface area (Å²) < 4.78 is 33.4. The smallest absolute Gasteiger partial charge is 0.255 e. The lowest BCUT2D eigenvalue weighted by Crippen LogP contribution is -2.40. The third-order valence-electron chi connectivity index (χ3n) is 4.76. The summed E-state index contributed by atoms with van der Waals surface area (Å²) in [5.74, 6) is -0.411. The number of benzene rings is 2. The van der Waals surface area contributed by atoms with Crippen LogP contribution >= 0.6 is 11.6 Å². The number of halogens is 1. The first-order chi connectivity index (χ1) is 14.5. The minimum Gasteiger partial charge on any atom is -0.378 e. The van der Waals surface area contributed by atoms with Crippen LogP contribution in [0.5, 0.6) is 0 Å². The van der Waals surface area contributed by atoms with E-state index in [9.17, 15) is 13.2 Å². The van der Waals surface area contributed by atoms with E-state index in [1.807, 2.05) is 25.1 Å². The van der Waals surface area contributed by atoms with Gasteiger partial charge >= 0.3 is 0 Å². The minimum atomic E-state index is -3.88. The summed E-state index contributed by atoms with van der Waals surface area (Å²) in [5.41, 5.74) is 2.17. The topological polar surface area (TPSA) is 87.7 Å². The van der Waals surface area contributed by atoms with E-state index < -0.39 is 21.5 Å². The van der Waals surface area contributed by atoms with Crippen LogP contribution in [0.2, 0.25) is 5.02 Å². The van der Waals surface area contributed by atoms with E-state index in [1.165, 1.54) is 18.2 Å². The van der Waals surface area contributed by atoms with Crippen LogP contribution in [0.4, 0.5) is 11.4 Å². The fraction of sp³-hybridized carbons (Fsp3) is 0.409. The second kappa shape index (κ2) is 9.16. The van der Waals surface area contributed by atoms with Crippen molar-refractivity contribution in [2.45, 2.75) is 38.1 Å². The second-order valence-corrected chi connectivity index (χ2v) is 10.6. The first-order valence-electron chi connectivity index (χ1n) is 10.0. The summed E-state index contributed by atoms with van der Waals surface area (Å²) in [4.78, 5) is 14.9. The monoisotopic (exact) mass is 465 g/mol. The van der Waals surface area contributed by atoms with Crippen molar-refractivity contribution in [2.24, 2.45) is 0 Å².